The van der Waals surface area contributed by atoms with Gasteiger partial charge in [-0.1, -0.05) is 13.8 Å². The molecule has 1 aliphatic carbocycles. The van der Waals surface area contributed by atoms with Crippen molar-refractivity contribution in [1.82, 2.24) is 9.97 Å². The van der Waals surface area contributed by atoms with E-state index in [1.54, 1.807) is 0 Å². The van der Waals surface area contributed by atoms with Gasteiger partial charge < -0.3 is 10.7 Å². The lowest BCUT2D eigenvalue weighted by Crippen LogP contribution is -2.14. The number of rotatable bonds is 0. The molecule has 12 heavy (non-hydrogen) atoms. The van der Waals surface area contributed by atoms with Crippen LogP contribution in [0.3, 0.4) is 0 Å². The molecule has 0 amide bonds. The minimum atomic E-state index is 0.567. The second-order valence-corrected chi connectivity index (χ2v) is 3.93. The third kappa shape index (κ3) is 1.09. The Morgan fingerprint density at radius 1 is 1.50 bits per heavy atom. The number of hydrogen-bond acceptors (Lipinski definition) is 2. The Hall–Kier alpha value is -0.990. The standard InChI is InChI=1S/C9H15N3/c1-5-3-6(2)8-7(4-5)11-9(10)12-8/h5-6H,3-4H2,1-2H3,(H3,10,11,12). The maximum Gasteiger partial charge on any atom is 0.197 e. The van der Waals surface area contributed by atoms with Crippen molar-refractivity contribution in [2.75, 3.05) is 5.73 Å². The zero-order valence-corrected chi connectivity index (χ0v) is 7.59. The highest BCUT2D eigenvalue weighted by atomic mass is 15.0. The van der Waals surface area contributed by atoms with Gasteiger partial charge in [0.05, 0.1) is 5.69 Å². The molecule has 0 spiro atoms. The normalized spacial score (nSPS) is 28.5. The van der Waals surface area contributed by atoms with Crippen LogP contribution in [-0.4, -0.2) is 9.97 Å². The van der Waals surface area contributed by atoms with E-state index in [-0.39, 0.29) is 0 Å². The van der Waals surface area contributed by atoms with E-state index in [0.29, 0.717) is 11.9 Å². The fourth-order valence-corrected chi connectivity index (χ4v) is 2.15. The van der Waals surface area contributed by atoms with Gasteiger partial charge >= 0.3 is 0 Å². The van der Waals surface area contributed by atoms with Crippen molar-refractivity contribution in [2.45, 2.75) is 32.6 Å². The zero-order chi connectivity index (χ0) is 8.72. The number of aromatic amines is 1. The maximum absolute atomic E-state index is 5.60. The number of fused-ring (bicyclic) bond motifs is 1. The van der Waals surface area contributed by atoms with E-state index in [1.165, 1.54) is 17.8 Å². The molecule has 2 atom stereocenters. The first-order valence-electron chi connectivity index (χ1n) is 4.51. The van der Waals surface area contributed by atoms with E-state index in [1.807, 2.05) is 0 Å². The Kier molecular flexibility index (Phi) is 1.60. The van der Waals surface area contributed by atoms with E-state index < -0.39 is 0 Å². The number of aromatic nitrogens is 2. The molecule has 0 aliphatic heterocycles. The summed E-state index contributed by atoms with van der Waals surface area (Å²) in [5.74, 6) is 1.89. The molecule has 1 aromatic rings. The molecular weight excluding hydrogens is 150 g/mol. The second kappa shape index (κ2) is 2.51. The predicted octanol–water partition coefficient (Wildman–Crippen LogP) is 1.68. The van der Waals surface area contributed by atoms with Crippen LogP contribution in [0, 0.1) is 5.92 Å². The average molecular weight is 165 g/mol. The summed E-state index contributed by atoms with van der Waals surface area (Å²) in [5.41, 5.74) is 8.03. The van der Waals surface area contributed by atoms with Crippen LogP contribution in [0.4, 0.5) is 5.95 Å². The first kappa shape index (κ1) is 7.65. The Labute approximate surface area is 72.4 Å². The fourth-order valence-electron chi connectivity index (χ4n) is 2.15. The molecule has 0 aromatic carbocycles. The number of imidazole rings is 1. The Morgan fingerprint density at radius 2 is 2.25 bits per heavy atom. The lowest BCUT2D eigenvalue weighted by Gasteiger charge is -2.22. The monoisotopic (exact) mass is 165 g/mol. The van der Waals surface area contributed by atoms with Gasteiger partial charge in [0.1, 0.15) is 0 Å². The first-order chi connectivity index (χ1) is 5.66. The van der Waals surface area contributed by atoms with Crippen molar-refractivity contribution in [3.8, 4) is 0 Å². The highest BCUT2D eigenvalue weighted by molar-refractivity contribution is 5.30. The van der Waals surface area contributed by atoms with Crippen molar-refractivity contribution in [1.29, 1.82) is 0 Å². The summed E-state index contributed by atoms with van der Waals surface area (Å²) in [7, 11) is 0. The van der Waals surface area contributed by atoms with Crippen molar-refractivity contribution in [3.05, 3.63) is 11.4 Å². The SMILES string of the molecule is CC1Cc2[nH]c(N)nc2C(C)C1. The van der Waals surface area contributed by atoms with Gasteiger partial charge in [0.15, 0.2) is 5.95 Å². The number of nitrogens with two attached hydrogens (primary N) is 1. The van der Waals surface area contributed by atoms with E-state index >= 15 is 0 Å². The summed E-state index contributed by atoms with van der Waals surface area (Å²) < 4.78 is 0. The van der Waals surface area contributed by atoms with Crippen molar-refractivity contribution in [2.24, 2.45) is 5.92 Å². The molecule has 1 aromatic heterocycles. The molecule has 0 saturated carbocycles. The summed E-state index contributed by atoms with van der Waals surface area (Å²) in [6.45, 7) is 4.49. The van der Waals surface area contributed by atoms with Gasteiger partial charge in [-0.05, 0) is 18.8 Å². The van der Waals surface area contributed by atoms with E-state index in [2.05, 4.69) is 23.8 Å². The molecule has 0 radical (unpaired) electrons. The van der Waals surface area contributed by atoms with Gasteiger partial charge in [-0.3, -0.25) is 0 Å². The number of hydrogen-bond donors (Lipinski definition) is 2. The largest absolute Gasteiger partial charge is 0.369 e. The highest BCUT2D eigenvalue weighted by Crippen LogP contribution is 2.32. The van der Waals surface area contributed by atoms with Gasteiger partial charge in [0.2, 0.25) is 0 Å². The number of nitrogens with one attached hydrogen (secondary N) is 1. The topological polar surface area (TPSA) is 54.7 Å². The fraction of sp³-hybridized carbons (Fsp3) is 0.667. The summed E-state index contributed by atoms with van der Waals surface area (Å²) in [5, 5.41) is 0. The minimum Gasteiger partial charge on any atom is -0.369 e. The molecule has 3 nitrogen and oxygen atoms in total. The number of H-pyrrole nitrogens is 1. The van der Waals surface area contributed by atoms with Gasteiger partial charge in [-0.15, -0.1) is 0 Å². The highest BCUT2D eigenvalue weighted by Gasteiger charge is 2.24. The molecule has 2 unspecified atom stereocenters. The molecule has 0 saturated heterocycles. The molecule has 2 rings (SSSR count). The summed E-state index contributed by atoms with van der Waals surface area (Å²) in [4.78, 5) is 7.41. The van der Waals surface area contributed by atoms with E-state index in [0.717, 1.165) is 12.3 Å². The molecule has 1 aliphatic rings. The van der Waals surface area contributed by atoms with Crippen LogP contribution in [0.1, 0.15) is 37.6 Å². The minimum absolute atomic E-state index is 0.567. The quantitative estimate of drug-likeness (QED) is 0.614. The maximum atomic E-state index is 5.60. The van der Waals surface area contributed by atoms with Gasteiger partial charge in [0.25, 0.3) is 0 Å². The van der Waals surface area contributed by atoms with Crippen LogP contribution in [-0.2, 0) is 6.42 Å². The Bertz CT molecular complexity index is 290. The molecule has 66 valence electrons. The predicted molar refractivity (Wildman–Crippen MR) is 48.9 cm³/mol. The molecule has 0 bridgehead atoms. The van der Waals surface area contributed by atoms with E-state index in [9.17, 15) is 0 Å². The average Bonchev–Trinajstić information content (AvgIpc) is 2.29. The molecule has 0 fully saturated rings. The van der Waals surface area contributed by atoms with Crippen LogP contribution >= 0.6 is 0 Å². The summed E-state index contributed by atoms with van der Waals surface area (Å²) in [6.07, 6.45) is 2.33. The lowest BCUT2D eigenvalue weighted by molar-refractivity contribution is 0.440. The van der Waals surface area contributed by atoms with Crippen LogP contribution < -0.4 is 5.73 Å². The molecule has 3 N–H and O–H groups in total. The van der Waals surface area contributed by atoms with Crippen molar-refractivity contribution in [3.63, 3.8) is 0 Å². The van der Waals surface area contributed by atoms with Crippen LogP contribution in [0.15, 0.2) is 0 Å². The Balaban J connectivity index is 2.40. The molecule has 1 heterocycles. The lowest BCUT2D eigenvalue weighted by atomic mass is 9.84. The van der Waals surface area contributed by atoms with Gasteiger partial charge in [-0.2, -0.15) is 0 Å². The van der Waals surface area contributed by atoms with E-state index in [4.69, 9.17) is 5.73 Å². The van der Waals surface area contributed by atoms with Crippen LogP contribution in [0.5, 0.6) is 0 Å². The second-order valence-electron chi connectivity index (χ2n) is 3.93. The van der Waals surface area contributed by atoms with Crippen LogP contribution in [0.25, 0.3) is 0 Å². The smallest absolute Gasteiger partial charge is 0.197 e. The van der Waals surface area contributed by atoms with Crippen molar-refractivity contribution >= 4 is 5.95 Å². The summed E-state index contributed by atoms with van der Waals surface area (Å²) >= 11 is 0. The number of nitrogen functional groups attached to an aromatic ring is 1. The first-order valence-corrected chi connectivity index (χ1v) is 4.51. The zero-order valence-electron chi connectivity index (χ0n) is 7.59. The number of anilines is 1. The summed E-state index contributed by atoms with van der Waals surface area (Å²) in [6, 6.07) is 0. The third-order valence-electron chi connectivity index (χ3n) is 2.60. The molecule has 3 heteroatoms. The van der Waals surface area contributed by atoms with Crippen molar-refractivity contribution < 1.29 is 0 Å². The number of nitrogens with zero attached hydrogens (tertiary/aromatic N) is 1. The van der Waals surface area contributed by atoms with Gasteiger partial charge in [0, 0.05) is 11.6 Å². The van der Waals surface area contributed by atoms with Gasteiger partial charge in [-0.25, -0.2) is 4.98 Å². The van der Waals surface area contributed by atoms with Crippen LogP contribution in [0.2, 0.25) is 0 Å². The molecular formula is C9H15N3. The Morgan fingerprint density at radius 3 is 3.00 bits per heavy atom. The third-order valence-corrected chi connectivity index (χ3v) is 2.60.